The summed E-state index contributed by atoms with van der Waals surface area (Å²) in [5, 5.41) is 11.8. The molecule has 1 aliphatic carbocycles. The monoisotopic (exact) mass is 217 g/mol. The quantitative estimate of drug-likeness (QED) is 0.738. The molecule has 0 aromatic rings. The van der Waals surface area contributed by atoms with Crippen LogP contribution in [0, 0.1) is 11.8 Å². The van der Waals surface area contributed by atoms with E-state index in [2.05, 4.69) is 19.2 Å². The second kappa shape index (κ2) is 4.92. The van der Waals surface area contributed by atoms with Crippen molar-refractivity contribution >= 4 is 5.97 Å². The molecule has 2 atom stereocenters. The number of nitrogens with one attached hydrogen (secondary N) is 1. The van der Waals surface area contributed by atoms with E-state index in [9.17, 15) is 9.18 Å². The Bertz CT molecular complexity index is 233. The summed E-state index contributed by atoms with van der Waals surface area (Å²) >= 11 is 0. The van der Waals surface area contributed by atoms with Crippen LogP contribution < -0.4 is 5.32 Å². The van der Waals surface area contributed by atoms with Crippen LogP contribution in [0.1, 0.15) is 33.1 Å². The molecule has 0 radical (unpaired) electrons. The fourth-order valence-corrected chi connectivity index (χ4v) is 2.03. The number of hydrogen-bond donors (Lipinski definition) is 2. The number of carbonyl (C=O) groups is 1. The van der Waals surface area contributed by atoms with Crippen LogP contribution >= 0.6 is 0 Å². The molecule has 0 amide bonds. The summed E-state index contributed by atoms with van der Waals surface area (Å²) in [5.41, 5.74) is -1.31. The van der Waals surface area contributed by atoms with Gasteiger partial charge in [0, 0.05) is 6.54 Å². The first-order valence-electron chi connectivity index (χ1n) is 5.55. The van der Waals surface area contributed by atoms with Crippen molar-refractivity contribution in [2.75, 3.05) is 13.1 Å². The zero-order valence-electron chi connectivity index (χ0n) is 9.42. The largest absolute Gasteiger partial charge is 0.481 e. The van der Waals surface area contributed by atoms with Gasteiger partial charge in [0.2, 0.25) is 0 Å². The summed E-state index contributed by atoms with van der Waals surface area (Å²) < 4.78 is 14.0. The summed E-state index contributed by atoms with van der Waals surface area (Å²) in [6.07, 6.45) is 0.998. The van der Waals surface area contributed by atoms with Crippen molar-refractivity contribution in [2.45, 2.75) is 38.8 Å². The number of hydrogen-bond acceptors (Lipinski definition) is 2. The predicted molar refractivity (Wildman–Crippen MR) is 56.5 cm³/mol. The molecule has 2 N–H and O–H groups in total. The van der Waals surface area contributed by atoms with Crippen LogP contribution in [0.2, 0.25) is 0 Å². The Morgan fingerprint density at radius 1 is 1.67 bits per heavy atom. The van der Waals surface area contributed by atoms with E-state index in [4.69, 9.17) is 5.11 Å². The van der Waals surface area contributed by atoms with E-state index in [1.165, 1.54) is 0 Å². The van der Waals surface area contributed by atoms with Gasteiger partial charge in [-0.05, 0) is 31.7 Å². The van der Waals surface area contributed by atoms with Crippen molar-refractivity contribution in [2.24, 2.45) is 11.8 Å². The van der Waals surface area contributed by atoms with Crippen LogP contribution in [0.25, 0.3) is 0 Å². The Balaban J connectivity index is 2.32. The second-order valence-corrected chi connectivity index (χ2v) is 4.95. The van der Waals surface area contributed by atoms with Crippen LogP contribution in [-0.4, -0.2) is 29.8 Å². The number of halogens is 1. The standard InChI is InChI=1S/C11H20FNO2/c1-8(2)6-13-7-11(12)4-3-9(5-11)10(14)15/h8-9,13H,3-7H2,1-2H3,(H,14,15). The summed E-state index contributed by atoms with van der Waals surface area (Å²) in [7, 11) is 0. The van der Waals surface area contributed by atoms with Crippen molar-refractivity contribution in [3.63, 3.8) is 0 Å². The summed E-state index contributed by atoms with van der Waals surface area (Å²) in [6.45, 7) is 5.19. The Labute approximate surface area is 90.1 Å². The van der Waals surface area contributed by atoms with E-state index >= 15 is 0 Å². The normalized spacial score (nSPS) is 31.1. The number of alkyl halides is 1. The molecular formula is C11H20FNO2. The second-order valence-electron chi connectivity index (χ2n) is 4.95. The Kier molecular flexibility index (Phi) is 4.08. The van der Waals surface area contributed by atoms with Gasteiger partial charge in [0.05, 0.1) is 5.92 Å². The van der Waals surface area contributed by atoms with Gasteiger partial charge in [0.1, 0.15) is 5.67 Å². The number of carboxylic acid groups (broad SMARTS) is 1. The van der Waals surface area contributed by atoms with Gasteiger partial charge in [-0.1, -0.05) is 13.8 Å². The Hall–Kier alpha value is -0.640. The van der Waals surface area contributed by atoms with Crippen LogP contribution in [0.4, 0.5) is 4.39 Å². The van der Waals surface area contributed by atoms with E-state index < -0.39 is 17.6 Å². The molecule has 0 heterocycles. The first-order chi connectivity index (χ1) is 6.93. The molecule has 88 valence electrons. The molecule has 3 nitrogen and oxygen atoms in total. The average molecular weight is 217 g/mol. The predicted octanol–water partition coefficient (Wildman–Crippen LogP) is 1.82. The third-order valence-corrected chi connectivity index (χ3v) is 2.90. The SMILES string of the molecule is CC(C)CNCC1(F)CCC(C(=O)O)C1. The molecule has 1 fully saturated rings. The molecule has 0 aromatic carbocycles. The lowest BCUT2D eigenvalue weighted by atomic mass is 10.0. The molecule has 0 aromatic heterocycles. The molecule has 4 heteroatoms. The maximum absolute atomic E-state index is 14.0. The smallest absolute Gasteiger partial charge is 0.306 e. The van der Waals surface area contributed by atoms with Gasteiger partial charge in [0.15, 0.2) is 0 Å². The van der Waals surface area contributed by atoms with Gasteiger partial charge >= 0.3 is 5.97 Å². The van der Waals surface area contributed by atoms with E-state index in [-0.39, 0.29) is 13.0 Å². The van der Waals surface area contributed by atoms with Crippen LogP contribution in [0.5, 0.6) is 0 Å². The fraction of sp³-hybridized carbons (Fsp3) is 0.909. The summed E-state index contributed by atoms with van der Waals surface area (Å²) in [4.78, 5) is 10.7. The first kappa shape index (κ1) is 12.4. The summed E-state index contributed by atoms with van der Waals surface area (Å²) in [6, 6.07) is 0. The van der Waals surface area contributed by atoms with Gasteiger partial charge in [-0.2, -0.15) is 0 Å². The zero-order chi connectivity index (χ0) is 11.5. The number of carboxylic acids is 1. The average Bonchev–Trinajstić information content (AvgIpc) is 2.47. The van der Waals surface area contributed by atoms with Crippen LogP contribution in [0.15, 0.2) is 0 Å². The van der Waals surface area contributed by atoms with Gasteiger partial charge in [-0.15, -0.1) is 0 Å². The molecule has 0 bridgehead atoms. The fourth-order valence-electron chi connectivity index (χ4n) is 2.03. The molecule has 2 unspecified atom stereocenters. The highest BCUT2D eigenvalue weighted by Gasteiger charge is 2.41. The number of aliphatic carboxylic acids is 1. The van der Waals surface area contributed by atoms with Crippen molar-refractivity contribution < 1.29 is 14.3 Å². The number of rotatable bonds is 5. The van der Waals surface area contributed by atoms with Crippen LogP contribution in [0.3, 0.4) is 0 Å². The molecular weight excluding hydrogens is 197 g/mol. The maximum atomic E-state index is 14.0. The van der Waals surface area contributed by atoms with Gasteiger partial charge in [-0.3, -0.25) is 4.79 Å². The molecule has 1 aliphatic rings. The molecule has 1 rings (SSSR count). The van der Waals surface area contributed by atoms with E-state index in [0.29, 0.717) is 18.8 Å². The van der Waals surface area contributed by atoms with Gasteiger partial charge in [-0.25, -0.2) is 4.39 Å². The molecule has 0 spiro atoms. The third-order valence-electron chi connectivity index (χ3n) is 2.90. The summed E-state index contributed by atoms with van der Waals surface area (Å²) in [5.74, 6) is -0.862. The highest BCUT2D eigenvalue weighted by molar-refractivity contribution is 5.70. The molecule has 15 heavy (non-hydrogen) atoms. The van der Waals surface area contributed by atoms with Crippen molar-refractivity contribution in [1.29, 1.82) is 0 Å². The van der Waals surface area contributed by atoms with Gasteiger partial charge in [0.25, 0.3) is 0 Å². The van der Waals surface area contributed by atoms with E-state index in [0.717, 1.165) is 6.54 Å². The van der Waals surface area contributed by atoms with Crippen LogP contribution in [-0.2, 0) is 4.79 Å². The first-order valence-corrected chi connectivity index (χ1v) is 5.55. The highest BCUT2D eigenvalue weighted by Crippen LogP contribution is 2.37. The van der Waals surface area contributed by atoms with Crippen molar-refractivity contribution in [3.8, 4) is 0 Å². The maximum Gasteiger partial charge on any atom is 0.306 e. The zero-order valence-corrected chi connectivity index (χ0v) is 9.42. The topological polar surface area (TPSA) is 49.3 Å². The minimum absolute atomic E-state index is 0.160. The molecule has 0 aliphatic heterocycles. The molecule has 1 saturated carbocycles. The highest BCUT2D eigenvalue weighted by atomic mass is 19.1. The minimum atomic E-state index is -1.31. The van der Waals surface area contributed by atoms with Gasteiger partial charge < -0.3 is 10.4 Å². The lowest BCUT2D eigenvalue weighted by Gasteiger charge is -2.20. The van der Waals surface area contributed by atoms with E-state index in [1.54, 1.807) is 0 Å². The third kappa shape index (κ3) is 3.78. The Morgan fingerprint density at radius 2 is 2.33 bits per heavy atom. The van der Waals surface area contributed by atoms with Crippen molar-refractivity contribution in [1.82, 2.24) is 5.32 Å². The molecule has 0 saturated heterocycles. The lowest BCUT2D eigenvalue weighted by molar-refractivity contribution is -0.141. The van der Waals surface area contributed by atoms with Crippen molar-refractivity contribution in [3.05, 3.63) is 0 Å². The van der Waals surface area contributed by atoms with E-state index in [1.807, 2.05) is 0 Å². The Morgan fingerprint density at radius 3 is 2.80 bits per heavy atom. The lowest BCUT2D eigenvalue weighted by Crippen LogP contribution is -2.36. The minimum Gasteiger partial charge on any atom is -0.481 e.